The Kier molecular flexibility index (Phi) is 7.22. The Morgan fingerprint density at radius 3 is 2.19 bits per heavy atom. The Hall–Kier alpha value is -1.94. The van der Waals surface area contributed by atoms with E-state index in [-0.39, 0.29) is 5.91 Å². The van der Waals surface area contributed by atoms with E-state index in [4.69, 9.17) is 4.74 Å². The summed E-state index contributed by atoms with van der Waals surface area (Å²) >= 11 is 4.50. The molecule has 27 heavy (non-hydrogen) atoms. The topological polar surface area (TPSA) is 50.7 Å². The Balaban J connectivity index is 1.64. The average Bonchev–Trinajstić information content (AvgIpc) is 2.69. The van der Waals surface area contributed by atoms with Crippen LogP contribution in [0.3, 0.4) is 0 Å². The fourth-order valence-corrected chi connectivity index (χ4v) is 4.47. The van der Waals surface area contributed by atoms with Gasteiger partial charge in [0.25, 0.3) is 5.91 Å². The molecule has 4 nitrogen and oxygen atoms in total. The van der Waals surface area contributed by atoms with Crippen molar-refractivity contribution in [1.82, 2.24) is 5.43 Å². The molecule has 3 aromatic rings. The minimum Gasteiger partial charge on any atom is -0.487 e. The molecule has 0 unspecified atom stereocenters. The van der Waals surface area contributed by atoms with E-state index in [9.17, 15) is 4.79 Å². The van der Waals surface area contributed by atoms with Crippen molar-refractivity contribution in [3.05, 3.63) is 96.6 Å². The van der Waals surface area contributed by atoms with Gasteiger partial charge in [0.15, 0.2) is 0 Å². The summed E-state index contributed by atoms with van der Waals surface area (Å²) in [5.74, 6) is 0.615. The fraction of sp³-hybridized carbons (Fsp3) is 0.0476. The molecule has 0 saturated heterocycles. The Labute approximate surface area is 185 Å². The van der Waals surface area contributed by atoms with Crippen molar-refractivity contribution < 1.29 is 9.53 Å². The number of amides is 1. The van der Waals surface area contributed by atoms with Gasteiger partial charge in [-0.25, -0.2) is 5.43 Å². The summed E-state index contributed by atoms with van der Waals surface area (Å²) in [6.07, 6.45) is 1.63. The minimum atomic E-state index is -0.237. The third-order valence-corrected chi connectivity index (χ3v) is 5.26. The number of nitrogens with zero attached hydrogens (tertiary/aromatic N) is 1. The molecular formula is C21H16I2N2O2. The van der Waals surface area contributed by atoms with Crippen LogP contribution in [-0.2, 0) is 6.61 Å². The van der Waals surface area contributed by atoms with Crippen LogP contribution in [0.4, 0.5) is 0 Å². The number of hydrogen-bond acceptors (Lipinski definition) is 3. The van der Waals surface area contributed by atoms with Gasteiger partial charge in [0.05, 0.1) is 13.4 Å². The molecule has 0 aliphatic heterocycles. The maximum atomic E-state index is 12.0. The van der Waals surface area contributed by atoms with E-state index in [1.165, 1.54) is 0 Å². The van der Waals surface area contributed by atoms with Crippen molar-refractivity contribution in [2.45, 2.75) is 6.61 Å². The lowest BCUT2D eigenvalue weighted by Gasteiger charge is -2.11. The number of carbonyl (C=O) groups excluding carboxylic acids is 1. The number of hydrogen-bond donors (Lipinski definition) is 1. The molecule has 0 atom stereocenters. The van der Waals surface area contributed by atoms with E-state index >= 15 is 0 Å². The summed E-state index contributed by atoms with van der Waals surface area (Å²) < 4.78 is 7.96. The lowest BCUT2D eigenvalue weighted by Crippen LogP contribution is -2.17. The van der Waals surface area contributed by atoms with Crippen LogP contribution in [0, 0.1) is 7.14 Å². The predicted octanol–water partition coefficient (Wildman–Crippen LogP) is 5.24. The molecule has 0 bridgehead atoms. The van der Waals surface area contributed by atoms with Crippen LogP contribution in [0.15, 0.2) is 77.9 Å². The minimum absolute atomic E-state index is 0.237. The first-order chi connectivity index (χ1) is 13.1. The van der Waals surface area contributed by atoms with Crippen LogP contribution in [-0.4, -0.2) is 12.1 Å². The molecule has 0 fully saturated rings. The van der Waals surface area contributed by atoms with Gasteiger partial charge in [-0.2, -0.15) is 5.10 Å². The second-order valence-corrected chi connectivity index (χ2v) is 7.98. The number of carbonyl (C=O) groups is 1. The van der Waals surface area contributed by atoms with Crippen LogP contribution in [0.5, 0.6) is 5.75 Å². The quantitative estimate of drug-likeness (QED) is 0.246. The highest BCUT2D eigenvalue weighted by Gasteiger charge is 2.09. The van der Waals surface area contributed by atoms with Crippen LogP contribution in [0.25, 0.3) is 0 Å². The van der Waals surface area contributed by atoms with Crippen LogP contribution >= 0.6 is 45.2 Å². The molecule has 0 heterocycles. The fourth-order valence-electron chi connectivity index (χ4n) is 2.34. The Morgan fingerprint density at radius 1 is 0.963 bits per heavy atom. The van der Waals surface area contributed by atoms with Gasteiger partial charge in [0, 0.05) is 5.56 Å². The molecule has 0 saturated carbocycles. The van der Waals surface area contributed by atoms with Gasteiger partial charge in [-0.15, -0.1) is 0 Å². The molecule has 0 aliphatic carbocycles. The summed E-state index contributed by atoms with van der Waals surface area (Å²) in [5, 5.41) is 4.05. The largest absolute Gasteiger partial charge is 0.487 e. The Bertz CT molecular complexity index is 922. The standard InChI is InChI=1S/C21H16I2N2O2/c22-18-11-16(13-24-25-21(26)17-9-5-2-6-10-17)12-19(23)20(18)27-14-15-7-3-1-4-8-15/h1-13H,14H2,(H,25,26)/b24-13-. The van der Waals surface area contributed by atoms with Crippen molar-refractivity contribution in [3.63, 3.8) is 0 Å². The van der Waals surface area contributed by atoms with Crippen molar-refractivity contribution in [2.75, 3.05) is 0 Å². The van der Waals surface area contributed by atoms with E-state index in [0.717, 1.165) is 24.0 Å². The first-order valence-electron chi connectivity index (χ1n) is 8.17. The molecule has 6 heteroatoms. The van der Waals surface area contributed by atoms with E-state index < -0.39 is 0 Å². The molecule has 136 valence electrons. The first-order valence-corrected chi connectivity index (χ1v) is 10.3. The number of rotatable bonds is 6. The van der Waals surface area contributed by atoms with Crippen LogP contribution < -0.4 is 10.2 Å². The zero-order valence-corrected chi connectivity index (χ0v) is 18.5. The second-order valence-electron chi connectivity index (χ2n) is 5.65. The maximum absolute atomic E-state index is 12.0. The van der Waals surface area contributed by atoms with Crippen LogP contribution in [0.1, 0.15) is 21.5 Å². The smallest absolute Gasteiger partial charge is 0.271 e. The number of hydrazone groups is 1. The second kappa shape index (κ2) is 9.84. The van der Waals surface area contributed by atoms with Crippen LogP contribution in [0.2, 0.25) is 0 Å². The Morgan fingerprint density at radius 2 is 1.56 bits per heavy atom. The first kappa shape index (κ1) is 19.8. The molecule has 1 N–H and O–H groups in total. The van der Waals surface area contributed by atoms with Gasteiger partial charge in [0.2, 0.25) is 0 Å². The van der Waals surface area contributed by atoms with Crippen molar-refractivity contribution in [2.24, 2.45) is 5.10 Å². The van der Waals surface area contributed by atoms with E-state index in [1.54, 1.807) is 18.3 Å². The van der Waals surface area contributed by atoms with E-state index in [0.29, 0.717) is 12.2 Å². The average molecular weight is 582 g/mol. The third kappa shape index (κ3) is 5.77. The summed E-state index contributed by atoms with van der Waals surface area (Å²) in [6, 6.07) is 23.0. The molecule has 0 spiro atoms. The number of halogens is 2. The van der Waals surface area contributed by atoms with Gasteiger partial charge >= 0.3 is 0 Å². The van der Waals surface area contributed by atoms with E-state index in [2.05, 4.69) is 55.7 Å². The monoisotopic (exact) mass is 582 g/mol. The molecule has 0 radical (unpaired) electrons. The summed E-state index contributed by atoms with van der Waals surface area (Å²) in [4.78, 5) is 12.0. The zero-order chi connectivity index (χ0) is 19.1. The molecule has 1 amide bonds. The predicted molar refractivity (Wildman–Crippen MR) is 124 cm³/mol. The molecule has 3 aromatic carbocycles. The van der Waals surface area contributed by atoms with Gasteiger partial charge < -0.3 is 4.74 Å². The molecule has 3 rings (SSSR count). The summed E-state index contributed by atoms with van der Waals surface area (Å²) in [6.45, 7) is 0.521. The normalized spacial score (nSPS) is 10.7. The number of ether oxygens (including phenoxy) is 1. The SMILES string of the molecule is O=C(N/N=C\c1cc(I)c(OCc2ccccc2)c(I)c1)c1ccccc1. The number of nitrogens with one attached hydrogen (secondary N) is 1. The van der Waals surface area contributed by atoms with Crippen molar-refractivity contribution in [1.29, 1.82) is 0 Å². The highest BCUT2D eigenvalue weighted by molar-refractivity contribution is 14.1. The molecular weight excluding hydrogens is 566 g/mol. The summed E-state index contributed by atoms with van der Waals surface area (Å²) in [7, 11) is 0. The van der Waals surface area contributed by atoms with Gasteiger partial charge in [0.1, 0.15) is 12.4 Å². The van der Waals surface area contributed by atoms with Crippen molar-refractivity contribution in [3.8, 4) is 5.75 Å². The van der Waals surface area contributed by atoms with Gasteiger partial charge in [-0.05, 0) is 80.6 Å². The third-order valence-electron chi connectivity index (χ3n) is 3.66. The highest BCUT2D eigenvalue weighted by atomic mass is 127. The molecule has 0 aromatic heterocycles. The zero-order valence-electron chi connectivity index (χ0n) is 14.2. The highest BCUT2D eigenvalue weighted by Crippen LogP contribution is 2.29. The van der Waals surface area contributed by atoms with Crippen molar-refractivity contribution >= 4 is 57.3 Å². The van der Waals surface area contributed by atoms with Gasteiger partial charge in [-0.3, -0.25) is 4.79 Å². The lowest BCUT2D eigenvalue weighted by molar-refractivity contribution is 0.0955. The number of benzene rings is 3. The summed E-state index contributed by atoms with van der Waals surface area (Å²) in [5.41, 5.74) is 5.13. The maximum Gasteiger partial charge on any atom is 0.271 e. The van der Waals surface area contributed by atoms with E-state index in [1.807, 2.05) is 60.7 Å². The molecule has 0 aliphatic rings. The lowest BCUT2D eigenvalue weighted by atomic mass is 10.2. The van der Waals surface area contributed by atoms with Gasteiger partial charge in [-0.1, -0.05) is 48.5 Å².